The number of Topliss-reactive ketones (excluding diaryl/α,β-unsaturated/α-hetero) is 1. The molecule has 1 amide bonds. The minimum absolute atomic E-state index is 0.0199. The van der Waals surface area contributed by atoms with E-state index in [0.29, 0.717) is 18.4 Å². The van der Waals surface area contributed by atoms with Gasteiger partial charge >= 0.3 is 23.9 Å². The van der Waals surface area contributed by atoms with Crippen LogP contribution in [0.15, 0.2) is 102 Å². The number of carbonyl (C=O) groups excluding carboxylic acids is 6. The molecular formula is C50H57NO14. The van der Waals surface area contributed by atoms with Crippen molar-refractivity contribution in [1.29, 1.82) is 0 Å². The van der Waals surface area contributed by atoms with Gasteiger partial charge in [0.1, 0.15) is 23.9 Å². The van der Waals surface area contributed by atoms with Gasteiger partial charge in [0.2, 0.25) is 0 Å². The Bertz CT molecular complexity index is 2330. The Kier molecular flexibility index (Phi) is 13.3. The van der Waals surface area contributed by atoms with Gasteiger partial charge in [-0.05, 0) is 61.2 Å². The zero-order valence-electron chi connectivity index (χ0n) is 37.4. The third-order valence-electron chi connectivity index (χ3n) is 14.2. The van der Waals surface area contributed by atoms with Crippen LogP contribution in [0.25, 0.3) is 0 Å². The van der Waals surface area contributed by atoms with Crippen LogP contribution < -0.4 is 5.32 Å². The van der Waals surface area contributed by atoms with Crippen LogP contribution in [0.3, 0.4) is 0 Å². The summed E-state index contributed by atoms with van der Waals surface area (Å²) in [7, 11) is 0. The van der Waals surface area contributed by atoms with Crippen LogP contribution in [0.1, 0.15) is 106 Å². The van der Waals surface area contributed by atoms with Gasteiger partial charge in [-0.3, -0.25) is 19.2 Å². The lowest BCUT2D eigenvalue weighted by molar-refractivity contribution is -0.346. The van der Waals surface area contributed by atoms with Gasteiger partial charge in [-0.1, -0.05) is 93.9 Å². The van der Waals surface area contributed by atoms with Crippen molar-refractivity contribution < 1.29 is 67.8 Å². The van der Waals surface area contributed by atoms with E-state index in [0.717, 1.165) is 6.92 Å². The number of unbranched alkanes of at least 4 members (excludes halogenated alkanes) is 1. The highest BCUT2D eigenvalue weighted by Gasteiger charge is 2.78. The standard InChI is InChI=1S/C50H57NO14/c1-7-8-24-36(54)63-40-37-28(2)33(62-46(59)39(55)38(30-18-12-9-13-19-30)51-44(57)31-20-14-10-15-21-31)26-50(60,47(37,4)5)43(64-45(58)32-22-16-11-17-23-32)41-48(6,42(40)56)34(53)25-35-49(41,27-61-35)65-29(3)52/h9-23,33-35,38-41,43,53,55,60H,7-8,24-27H2,1-6H3,(H,51,57)/t33-,34-,35+,38-,39+,40+,41?,43-,48+,49-,50+/m0/s1. The van der Waals surface area contributed by atoms with E-state index in [4.69, 9.17) is 23.7 Å². The van der Waals surface area contributed by atoms with E-state index in [1.54, 1.807) is 99.6 Å². The minimum atomic E-state index is -2.40. The van der Waals surface area contributed by atoms with Crippen LogP contribution in [0.2, 0.25) is 0 Å². The molecule has 3 aliphatic carbocycles. The molecule has 2 bridgehead atoms. The van der Waals surface area contributed by atoms with E-state index in [1.165, 1.54) is 19.1 Å². The Morgan fingerprint density at radius 3 is 2.05 bits per heavy atom. The number of aliphatic hydroxyl groups excluding tert-OH is 2. The van der Waals surface area contributed by atoms with Crippen molar-refractivity contribution >= 4 is 35.6 Å². The van der Waals surface area contributed by atoms with Gasteiger partial charge in [-0.15, -0.1) is 0 Å². The lowest BCUT2D eigenvalue weighted by atomic mass is 9.44. The number of amides is 1. The summed E-state index contributed by atoms with van der Waals surface area (Å²) in [6.45, 7) is 8.87. The number of hydrogen-bond acceptors (Lipinski definition) is 14. The number of aliphatic hydroxyl groups is 3. The molecule has 7 rings (SSSR count). The van der Waals surface area contributed by atoms with Crippen molar-refractivity contribution in [3.8, 4) is 0 Å². The van der Waals surface area contributed by atoms with Crippen LogP contribution >= 0.6 is 0 Å². The Morgan fingerprint density at radius 1 is 0.877 bits per heavy atom. The van der Waals surface area contributed by atoms with E-state index < -0.39 is 113 Å². The van der Waals surface area contributed by atoms with Gasteiger partial charge in [0.25, 0.3) is 5.91 Å². The molecule has 15 nitrogen and oxygen atoms in total. The van der Waals surface area contributed by atoms with Gasteiger partial charge in [-0.2, -0.15) is 0 Å². The number of carbonyl (C=O) groups is 6. The number of ether oxygens (including phenoxy) is 5. The summed E-state index contributed by atoms with van der Waals surface area (Å²) in [6.07, 6.45) is -9.54. The predicted molar refractivity (Wildman–Crippen MR) is 232 cm³/mol. The second-order valence-electron chi connectivity index (χ2n) is 18.3. The van der Waals surface area contributed by atoms with Crippen molar-refractivity contribution in [2.75, 3.05) is 6.61 Å². The highest BCUT2D eigenvalue weighted by Crippen LogP contribution is 2.64. The van der Waals surface area contributed by atoms with Crippen LogP contribution in [0.5, 0.6) is 0 Å². The molecule has 15 heteroatoms. The highest BCUT2D eigenvalue weighted by molar-refractivity contribution is 5.96. The summed E-state index contributed by atoms with van der Waals surface area (Å²) < 4.78 is 30.8. The maximum Gasteiger partial charge on any atom is 0.338 e. The van der Waals surface area contributed by atoms with Crippen molar-refractivity contribution in [2.45, 2.75) is 128 Å². The Balaban J connectivity index is 1.40. The van der Waals surface area contributed by atoms with Crippen molar-refractivity contribution in [2.24, 2.45) is 16.7 Å². The summed E-state index contributed by atoms with van der Waals surface area (Å²) in [6, 6.07) is 23.0. The monoisotopic (exact) mass is 895 g/mol. The molecule has 1 aliphatic heterocycles. The number of hydrogen-bond donors (Lipinski definition) is 4. The maximum absolute atomic E-state index is 15.8. The van der Waals surface area contributed by atoms with E-state index in [1.807, 2.05) is 6.92 Å². The third-order valence-corrected chi connectivity index (χ3v) is 14.2. The maximum atomic E-state index is 15.8. The zero-order valence-corrected chi connectivity index (χ0v) is 37.4. The summed E-state index contributed by atoms with van der Waals surface area (Å²) in [5.74, 6) is -6.66. The van der Waals surface area contributed by atoms with E-state index >= 15 is 4.79 Å². The number of benzene rings is 3. The SMILES string of the molecule is CCCCC(=O)O[C@H]1C(=O)[C@@]2(C)C([C@H](OC(=O)c3ccccc3)[C@]3(O)C[C@H](OC(=O)[C@H](O)[C@@H](NC(=O)c4ccccc4)c4ccccc4)C(C)=C1C3(C)C)[C@]1(OC(C)=O)CO[C@@H]1C[C@@H]2O. The molecule has 346 valence electrons. The van der Waals surface area contributed by atoms with E-state index in [2.05, 4.69) is 5.32 Å². The molecule has 3 aromatic rings. The number of fused-ring (bicyclic) bond motifs is 5. The highest BCUT2D eigenvalue weighted by atomic mass is 16.6. The quantitative estimate of drug-likeness (QED) is 0.102. The number of ketones is 1. The first-order chi connectivity index (χ1) is 30.8. The lowest BCUT2D eigenvalue weighted by Gasteiger charge is -2.67. The van der Waals surface area contributed by atoms with Crippen LogP contribution in [-0.2, 0) is 42.9 Å². The molecule has 1 heterocycles. The molecule has 1 saturated heterocycles. The molecule has 3 fully saturated rings. The van der Waals surface area contributed by atoms with Gasteiger partial charge < -0.3 is 44.3 Å². The van der Waals surface area contributed by atoms with E-state index in [9.17, 15) is 39.3 Å². The molecule has 0 radical (unpaired) electrons. The Morgan fingerprint density at radius 2 is 1.48 bits per heavy atom. The molecule has 11 atom stereocenters. The molecule has 1 unspecified atom stereocenters. The van der Waals surface area contributed by atoms with Gasteiger partial charge in [0, 0.05) is 37.2 Å². The van der Waals surface area contributed by atoms with Gasteiger partial charge in [0.15, 0.2) is 23.6 Å². The second-order valence-corrected chi connectivity index (χ2v) is 18.3. The average molecular weight is 896 g/mol. The molecule has 4 N–H and O–H groups in total. The molecule has 0 spiro atoms. The van der Waals surface area contributed by atoms with Crippen molar-refractivity contribution in [1.82, 2.24) is 5.32 Å². The van der Waals surface area contributed by atoms with Crippen molar-refractivity contribution in [3.63, 3.8) is 0 Å². The fourth-order valence-corrected chi connectivity index (χ4v) is 10.5. The van der Waals surface area contributed by atoms with Crippen LogP contribution in [-0.4, -0.2) is 105 Å². The lowest BCUT2D eigenvalue weighted by Crippen LogP contribution is -2.82. The molecule has 65 heavy (non-hydrogen) atoms. The fraction of sp³-hybridized carbons (Fsp3) is 0.480. The van der Waals surface area contributed by atoms with E-state index in [-0.39, 0.29) is 41.7 Å². The predicted octanol–water partition coefficient (Wildman–Crippen LogP) is 4.91. The Labute approximate surface area is 377 Å². The molecule has 0 aromatic heterocycles. The number of esters is 4. The topological polar surface area (TPSA) is 221 Å². The first-order valence-electron chi connectivity index (χ1n) is 22.0. The smallest absolute Gasteiger partial charge is 0.338 e. The van der Waals surface area contributed by atoms with Gasteiger partial charge in [0.05, 0.1) is 35.6 Å². The first kappa shape index (κ1) is 47.2. The summed E-state index contributed by atoms with van der Waals surface area (Å²) in [5.41, 5.74) is -6.99. The second kappa shape index (κ2) is 18.3. The molecule has 3 aromatic carbocycles. The van der Waals surface area contributed by atoms with Crippen molar-refractivity contribution in [3.05, 3.63) is 119 Å². The van der Waals surface area contributed by atoms with Crippen LogP contribution in [0.4, 0.5) is 0 Å². The minimum Gasteiger partial charge on any atom is -0.456 e. The number of nitrogens with one attached hydrogen (secondary N) is 1. The normalized spacial score (nSPS) is 30.9. The average Bonchev–Trinajstić information content (AvgIpc) is 3.28. The third kappa shape index (κ3) is 8.28. The van der Waals surface area contributed by atoms with Gasteiger partial charge in [-0.25, -0.2) is 9.59 Å². The summed E-state index contributed by atoms with van der Waals surface area (Å²) in [4.78, 5) is 84.9. The molecule has 2 saturated carbocycles. The largest absolute Gasteiger partial charge is 0.456 e. The molecule has 4 aliphatic rings. The zero-order chi connectivity index (χ0) is 47.1. The first-order valence-corrected chi connectivity index (χ1v) is 22.0. The number of rotatable bonds is 13. The summed E-state index contributed by atoms with van der Waals surface area (Å²) >= 11 is 0. The van der Waals surface area contributed by atoms with Crippen LogP contribution in [0, 0.1) is 16.7 Å². The summed E-state index contributed by atoms with van der Waals surface area (Å²) in [5, 5.41) is 40.6. The molecular weight excluding hydrogens is 839 g/mol. The Hall–Kier alpha value is -5.74. The fourth-order valence-electron chi connectivity index (χ4n) is 10.5.